The van der Waals surface area contributed by atoms with Gasteiger partial charge in [0.25, 0.3) is 11.8 Å². The smallest absolute Gasteiger partial charge is 0.279 e. The fourth-order valence-corrected chi connectivity index (χ4v) is 3.52. The molecule has 0 aliphatic carbocycles. The van der Waals surface area contributed by atoms with Crippen LogP contribution in [0.15, 0.2) is 78.9 Å². The van der Waals surface area contributed by atoms with Crippen molar-refractivity contribution in [1.82, 2.24) is 0 Å². The molecule has 0 unspecified atom stereocenters. The van der Waals surface area contributed by atoms with Crippen LogP contribution in [0.5, 0.6) is 11.5 Å². The van der Waals surface area contributed by atoms with Crippen LogP contribution in [0.1, 0.15) is 18.5 Å². The largest absolute Gasteiger partial charge is 0.497 e. The molecular weight excluding hydrogens is 418 g/mol. The van der Waals surface area contributed by atoms with E-state index in [0.29, 0.717) is 22.9 Å². The minimum absolute atomic E-state index is 0.0607. The van der Waals surface area contributed by atoms with Crippen LogP contribution in [-0.4, -0.2) is 39.1 Å². The van der Waals surface area contributed by atoms with Crippen LogP contribution in [0.3, 0.4) is 0 Å². The van der Waals surface area contributed by atoms with E-state index in [9.17, 15) is 9.59 Å². The SMILES string of the molecule is COc1ccc(NC(=O)C[NH+](CC(=O)Nc2ccc(OC)cc2)[C@H](C)c2ccccc2)cc1. The molecule has 3 rings (SSSR count). The van der Waals surface area contributed by atoms with Crippen LogP contribution in [0.25, 0.3) is 0 Å². The quantitative estimate of drug-likeness (QED) is 0.446. The summed E-state index contributed by atoms with van der Waals surface area (Å²) in [5.41, 5.74) is 2.41. The van der Waals surface area contributed by atoms with Gasteiger partial charge in [0.05, 0.1) is 14.2 Å². The van der Waals surface area contributed by atoms with Gasteiger partial charge in [0.1, 0.15) is 17.5 Å². The van der Waals surface area contributed by atoms with Gasteiger partial charge in [-0.15, -0.1) is 0 Å². The highest BCUT2D eigenvalue weighted by molar-refractivity contribution is 5.93. The summed E-state index contributed by atoms with van der Waals surface area (Å²) in [5, 5.41) is 5.81. The average Bonchev–Trinajstić information content (AvgIpc) is 2.84. The van der Waals surface area contributed by atoms with Gasteiger partial charge in [0.2, 0.25) is 0 Å². The van der Waals surface area contributed by atoms with Crippen molar-refractivity contribution >= 4 is 23.2 Å². The van der Waals surface area contributed by atoms with Gasteiger partial charge in [0, 0.05) is 16.9 Å². The Labute approximate surface area is 194 Å². The summed E-state index contributed by atoms with van der Waals surface area (Å²) >= 11 is 0. The average molecular weight is 449 g/mol. The first kappa shape index (κ1) is 23.8. The third kappa shape index (κ3) is 7.08. The maximum absolute atomic E-state index is 12.8. The predicted octanol–water partition coefficient (Wildman–Crippen LogP) is 2.93. The zero-order valence-corrected chi connectivity index (χ0v) is 19.1. The lowest BCUT2D eigenvalue weighted by Gasteiger charge is -2.25. The van der Waals surface area contributed by atoms with E-state index < -0.39 is 0 Å². The molecule has 3 aromatic carbocycles. The summed E-state index contributed by atoms with van der Waals surface area (Å²) in [4.78, 5) is 26.5. The minimum atomic E-state index is -0.171. The second-order valence-electron chi connectivity index (χ2n) is 7.70. The van der Waals surface area contributed by atoms with E-state index in [4.69, 9.17) is 9.47 Å². The zero-order chi connectivity index (χ0) is 23.6. The molecule has 3 aromatic rings. The number of hydrogen-bond donors (Lipinski definition) is 3. The fourth-order valence-electron chi connectivity index (χ4n) is 3.52. The highest BCUT2D eigenvalue weighted by Crippen LogP contribution is 2.16. The van der Waals surface area contributed by atoms with Gasteiger partial charge >= 0.3 is 0 Å². The van der Waals surface area contributed by atoms with Gasteiger partial charge in [-0.25, -0.2) is 0 Å². The lowest BCUT2D eigenvalue weighted by atomic mass is 10.1. The number of amides is 2. The van der Waals surface area contributed by atoms with Crippen LogP contribution >= 0.6 is 0 Å². The van der Waals surface area contributed by atoms with E-state index in [1.165, 1.54) is 0 Å². The summed E-state index contributed by atoms with van der Waals surface area (Å²) in [6.07, 6.45) is 0. The van der Waals surface area contributed by atoms with Crippen LogP contribution < -0.4 is 25.0 Å². The third-order valence-electron chi connectivity index (χ3n) is 5.43. The number of anilines is 2. The monoisotopic (exact) mass is 448 g/mol. The van der Waals surface area contributed by atoms with Crippen LogP contribution in [-0.2, 0) is 9.59 Å². The second kappa shape index (κ2) is 11.7. The molecule has 0 aliphatic rings. The maximum Gasteiger partial charge on any atom is 0.279 e. The molecule has 0 saturated heterocycles. The molecule has 7 nitrogen and oxygen atoms in total. The number of methoxy groups -OCH3 is 2. The standard InChI is InChI=1S/C26H29N3O4/c1-19(20-7-5-4-6-8-20)29(17-25(30)27-21-9-13-23(32-2)14-10-21)18-26(31)28-22-11-15-24(33-3)16-12-22/h4-16,19H,17-18H2,1-3H3,(H,27,30)(H,28,31)/p+1/t19-/m1/s1. The molecule has 172 valence electrons. The Morgan fingerprint density at radius 2 is 1.15 bits per heavy atom. The van der Waals surface area contributed by atoms with E-state index in [0.717, 1.165) is 10.5 Å². The number of quaternary nitrogens is 1. The highest BCUT2D eigenvalue weighted by atomic mass is 16.5. The van der Waals surface area contributed by atoms with Crippen molar-refractivity contribution in [3.05, 3.63) is 84.4 Å². The highest BCUT2D eigenvalue weighted by Gasteiger charge is 2.25. The van der Waals surface area contributed by atoms with Crippen molar-refractivity contribution < 1.29 is 24.0 Å². The van der Waals surface area contributed by atoms with Gasteiger partial charge < -0.3 is 25.0 Å². The van der Waals surface area contributed by atoms with Gasteiger partial charge in [-0.3, -0.25) is 9.59 Å². The molecule has 7 heteroatoms. The number of ether oxygens (including phenoxy) is 2. The summed E-state index contributed by atoms with van der Waals surface area (Å²) in [7, 11) is 3.19. The first-order valence-electron chi connectivity index (χ1n) is 10.8. The molecule has 0 fully saturated rings. The molecule has 33 heavy (non-hydrogen) atoms. The van der Waals surface area contributed by atoms with Gasteiger partial charge in [-0.2, -0.15) is 0 Å². The third-order valence-corrected chi connectivity index (χ3v) is 5.43. The molecule has 0 spiro atoms. The molecule has 0 radical (unpaired) electrons. The van der Waals surface area contributed by atoms with E-state index in [1.807, 2.05) is 37.3 Å². The predicted molar refractivity (Wildman–Crippen MR) is 129 cm³/mol. The fraction of sp³-hybridized carbons (Fsp3) is 0.231. The van der Waals surface area contributed by atoms with Gasteiger partial charge in [-0.05, 0) is 55.5 Å². The Balaban J connectivity index is 1.69. The summed E-state index contributed by atoms with van der Waals surface area (Å²) in [6, 6.07) is 24.1. The molecule has 1 atom stereocenters. The Hall–Kier alpha value is -3.84. The van der Waals surface area contributed by atoms with Gasteiger partial charge in [-0.1, -0.05) is 30.3 Å². The minimum Gasteiger partial charge on any atom is -0.497 e. The summed E-state index contributed by atoms with van der Waals surface area (Å²) in [5.74, 6) is 1.09. The maximum atomic E-state index is 12.8. The van der Waals surface area contributed by atoms with Crippen molar-refractivity contribution in [2.24, 2.45) is 0 Å². The van der Waals surface area contributed by atoms with E-state index in [-0.39, 0.29) is 30.9 Å². The Bertz CT molecular complexity index is 974. The van der Waals surface area contributed by atoms with Crippen molar-refractivity contribution in [3.63, 3.8) is 0 Å². The summed E-state index contributed by atoms with van der Waals surface area (Å²) < 4.78 is 10.3. The molecule has 2 amide bonds. The van der Waals surface area contributed by atoms with E-state index in [1.54, 1.807) is 62.8 Å². The second-order valence-corrected chi connectivity index (χ2v) is 7.70. The summed E-state index contributed by atoms with van der Waals surface area (Å²) in [6.45, 7) is 2.29. The molecule has 3 N–H and O–H groups in total. The Morgan fingerprint density at radius 1 is 0.727 bits per heavy atom. The number of carbonyl (C=O) groups is 2. The number of hydrogen-bond acceptors (Lipinski definition) is 4. The first-order chi connectivity index (χ1) is 16.0. The van der Waals surface area contributed by atoms with Crippen molar-refractivity contribution in [3.8, 4) is 11.5 Å². The lowest BCUT2D eigenvalue weighted by Crippen LogP contribution is -3.14. The van der Waals surface area contributed by atoms with Crippen molar-refractivity contribution in [2.45, 2.75) is 13.0 Å². The molecule has 0 bridgehead atoms. The van der Waals surface area contributed by atoms with Crippen LogP contribution in [0.2, 0.25) is 0 Å². The molecule has 0 saturated carbocycles. The number of rotatable bonds is 10. The Morgan fingerprint density at radius 3 is 1.55 bits per heavy atom. The van der Waals surface area contributed by atoms with Crippen molar-refractivity contribution in [1.29, 1.82) is 0 Å². The molecular formula is C26H30N3O4+. The zero-order valence-electron chi connectivity index (χ0n) is 19.1. The first-order valence-corrected chi connectivity index (χ1v) is 10.8. The lowest BCUT2D eigenvalue weighted by molar-refractivity contribution is -0.913. The van der Waals surface area contributed by atoms with Crippen molar-refractivity contribution in [2.75, 3.05) is 37.9 Å². The van der Waals surface area contributed by atoms with E-state index >= 15 is 0 Å². The van der Waals surface area contributed by atoms with Gasteiger partial charge in [0.15, 0.2) is 13.1 Å². The van der Waals surface area contributed by atoms with Crippen LogP contribution in [0, 0.1) is 0 Å². The number of benzene rings is 3. The van der Waals surface area contributed by atoms with E-state index in [2.05, 4.69) is 10.6 Å². The van der Waals surface area contributed by atoms with Crippen LogP contribution in [0.4, 0.5) is 11.4 Å². The number of nitrogens with one attached hydrogen (secondary N) is 3. The Kier molecular flexibility index (Phi) is 8.43. The topological polar surface area (TPSA) is 81.1 Å². The number of carbonyl (C=O) groups excluding carboxylic acids is 2. The molecule has 0 heterocycles. The molecule has 0 aliphatic heterocycles. The molecule has 0 aromatic heterocycles. The normalized spacial score (nSPS) is 11.5.